The first-order valence-electron chi connectivity index (χ1n) is 13.5. The fourth-order valence-corrected chi connectivity index (χ4v) is 5.95. The van der Waals surface area contributed by atoms with E-state index in [1.165, 1.54) is 18.2 Å². The second-order valence-corrected chi connectivity index (χ2v) is 10.7. The van der Waals surface area contributed by atoms with Gasteiger partial charge in [-0.2, -0.15) is 13.2 Å². The van der Waals surface area contributed by atoms with E-state index in [9.17, 15) is 22.0 Å². The Kier molecular flexibility index (Phi) is 7.29. The first-order valence-corrected chi connectivity index (χ1v) is 13.5. The molecule has 2 fully saturated rings. The predicted molar refractivity (Wildman–Crippen MR) is 147 cm³/mol. The van der Waals surface area contributed by atoms with E-state index in [4.69, 9.17) is 4.74 Å². The third-order valence-corrected chi connectivity index (χ3v) is 7.89. The van der Waals surface area contributed by atoms with Crippen LogP contribution in [0.3, 0.4) is 0 Å². The number of hydrogen-bond donors (Lipinski definition) is 1. The number of aryl methyl sites for hydroxylation is 1. The van der Waals surface area contributed by atoms with Gasteiger partial charge in [-0.1, -0.05) is 24.3 Å². The van der Waals surface area contributed by atoms with Gasteiger partial charge < -0.3 is 10.1 Å². The van der Waals surface area contributed by atoms with Gasteiger partial charge >= 0.3 is 6.18 Å². The Balaban J connectivity index is 1.11. The van der Waals surface area contributed by atoms with Gasteiger partial charge in [0.25, 0.3) is 0 Å². The SMILES string of the molecule is Cc1cc(Nc2cc(OCCN3CC4CC3CN4Cc3c(F)cccc3F)cc(C(F)(F)F)c2)c2ccccc2n1. The van der Waals surface area contributed by atoms with Crippen LogP contribution in [0.1, 0.15) is 23.2 Å². The van der Waals surface area contributed by atoms with Crippen LogP contribution in [0.4, 0.5) is 33.3 Å². The van der Waals surface area contributed by atoms with Gasteiger partial charge in [-0.3, -0.25) is 14.8 Å². The molecule has 1 aromatic heterocycles. The Morgan fingerprint density at radius 3 is 2.39 bits per heavy atom. The van der Waals surface area contributed by atoms with Crippen molar-refractivity contribution in [3.8, 4) is 5.75 Å². The van der Waals surface area contributed by atoms with E-state index in [-0.39, 0.29) is 42.2 Å². The molecule has 5 nitrogen and oxygen atoms in total. The van der Waals surface area contributed by atoms with Gasteiger partial charge in [0.05, 0.1) is 11.1 Å². The van der Waals surface area contributed by atoms with E-state index in [0.717, 1.165) is 35.2 Å². The summed E-state index contributed by atoms with van der Waals surface area (Å²) in [4.78, 5) is 8.82. The van der Waals surface area contributed by atoms with E-state index in [1.54, 1.807) is 12.1 Å². The molecular formula is C31H29F5N4O. The van der Waals surface area contributed by atoms with Crippen LogP contribution < -0.4 is 10.1 Å². The number of likely N-dealkylation sites (tertiary alicyclic amines) is 2. The molecule has 2 aliphatic heterocycles. The minimum atomic E-state index is -4.54. The van der Waals surface area contributed by atoms with Crippen LogP contribution in [-0.4, -0.2) is 53.1 Å². The molecule has 2 bridgehead atoms. The highest BCUT2D eigenvalue weighted by molar-refractivity contribution is 5.93. The molecule has 3 aromatic carbocycles. The number of benzene rings is 3. The summed E-state index contributed by atoms with van der Waals surface area (Å²) in [5.74, 6) is -0.959. The van der Waals surface area contributed by atoms with Gasteiger partial charge in [0, 0.05) is 72.3 Å². The molecule has 0 amide bonds. The summed E-state index contributed by atoms with van der Waals surface area (Å²) in [6, 6.07) is 17.2. The Morgan fingerprint density at radius 1 is 0.927 bits per heavy atom. The van der Waals surface area contributed by atoms with Crippen LogP contribution >= 0.6 is 0 Å². The topological polar surface area (TPSA) is 40.6 Å². The molecule has 6 rings (SSSR count). The summed E-state index contributed by atoms with van der Waals surface area (Å²) in [5.41, 5.74) is 1.69. The number of aromatic nitrogens is 1. The summed E-state index contributed by atoms with van der Waals surface area (Å²) < 4.78 is 75.4. The first kappa shape index (κ1) is 27.4. The van der Waals surface area contributed by atoms with Gasteiger partial charge in [-0.25, -0.2) is 8.78 Å². The van der Waals surface area contributed by atoms with Crippen molar-refractivity contribution >= 4 is 22.3 Å². The number of ether oxygens (including phenoxy) is 1. The van der Waals surface area contributed by atoms with E-state index in [1.807, 2.05) is 31.2 Å². The quantitative estimate of drug-likeness (QED) is 0.234. The van der Waals surface area contributed by atoms with Crippen LogP contribution in [0.2, 0.25) is 0 Å². The highest BCUT2D eigenvalue weighted by Gasteiger charge is 2.43. The van der Waals surface area contributed by atoms with Crippen LogP contribution in [0.25, 0.3) is 10.9 Å². The number of piperazine rings is 1. The van der Waals surface area contributed by atoms with Crippen molar-refractivity contribution in [3.05, 3.63) is 95.2 Å². The van der Waals surface area contributed by atoms with Gasteiger partial charge in [0.1, 0.15) is 24.0 Å². The molecule has 10 heteroatoms. The van der Waals surface area contributed by atoms with Crippen molar-refractivity contribution in [3.63, 3.8) is 0 Å². The molecule has 0 saturated carbocycles. The molecule has 0 radical (unpaired) electrons. The van der Waals surface area contributed by atoms with Gasteiger partial charge in [-0.05, 0) is 49.7 Å². The maximum Gasteiger partial charge on any atom is 0.416 e. The van der Waals surface area contributed by atoms with Crippen molar-refractivity contribution in [2.24, 2.45) is 0 Å². The molecule has 0 aliphatic carbocycles. The lowest BCUT2D eigenvalue weighted by Crippen LogP contribution is -2.47. The molecule has 214 valence electrons. The Bertz CT molecular complexity index is 1560. The monoisotopic (exact) mass is 568 g/mol. The predicted octanol–water partition coefficient (Wildman–Crippen LogP) is 6.92. The summed E-state index contributed by atoms with van der Waals surface area (Å²) in [6.45, 7) is 4.19. The third-order valence-electron chi connectivity index (χ3n) is 7.89. The molecule has 3 heterocycles. The molecule has 1 N–H and O–H groups in total. The largest absolute Gasteiger partial charge is 0.492 e. The second kappa shape index (κ2) is 10.9. The van der Waals surface area contributed by atoms with Crippen molar-refractivity contribution in [2.45, 2.75) is 38.1 Å². The van der Waals surface area contributed by atoms with E-state index < -0.39 is 23.4 Å². The molecular weight excluding hydrogens is 539 g/mol. The molecule has 0 spiro atoms. The van der Waals surface area contributed by atoms with E-state index in [0.29, 0.717) is 25.3 Å². The molecule has 2 saturated heterocycles. The molecule has 2 aliphatic rings. The molecule has 2 atom stereocenters. The summed E-state index contributed by atoms with van der Waals surface area (Å²) in [6.07, 6.45) is -3.66. The van der Waals surface area contributed by atoms with Crippen LogP contribution in [-0.2, 0) is 12.7 Å². The maximum absolute atomic E-state index is 14.1. The zero-order valence-corrected chi connectivity index (χ0v) is 22.4. The average Bonchev–Trinajstić information content (AvgIpc) is 3.50. The zero-order valence-electron chi connectivity index (χ0n) is 22.4. The van der Waals surface area contributed by atoms with Crippen LogP contribution in [0.15, 0.2) is 66.7 Å². The zero-order chi connectivity index (χ0) is 28.7. The number of halogens is 5. The van der Waals surface area contributed by atoms with Crippen molar-refractivity contribution in [2.75, 3.05) is 31.6 Å². The van der Waals surface area contributed by atoms with Gasteiger partial charge in [-0.15, -0.1) is 0 Å². The van der Waals surface area contributed by atoms with Crippen molar-refractivity contribution in [1.29, 1.82) is 0 Å². The molecule has 4 aromatic rings. The number of anilines is 2. The number of hydrogen-bond acceptors (Lipinski definition) is 5. The first-order chi connectivity index (χ1) is 19.6. The maximum atomic E-state index is 14.1. The number of pyridine rings is 1. The minimum absolute atomic E-state index is 0.0822. The third kappa shape index (κ3) is 5.85. The molecule has 41 heavy (non-hydrogen) atoms. The molecule has 2 unspecified atom stereocenters. The standard InChI is InChI=1S/C31H29F5N4O/c1-19-11-30(25-5-2-3-8-29(25)37-19)38-21-12-20(31(34,35)36)13-24(14-21)41-10-9-39-16-23-15-22(39)17-40(23)18-26-27(32)6-4-7-28(26)33/h2-8,11-14,22-23H,9-10,15-18H2,1H3,(H,37,38). The van der Waals surface area contributed by atoms with Crippen molar-refractivity contribution < 1.29 is 26.7 Å². The summed E-state index contributed by atoms with van der Waals surface area (Å²) in [5, 5.41) is 3.94. The Labute approximate surface area is 234 Å². The Morgan fingerprint density at radius 2 is 1.66 bits per heavy atom. The summed E-state index contributed by atoms with van der Waals surface area (Å²) >= 11 is 0. The van der Waals surface area contributed by atoms with Crippen LogP contribution in [0.5, 0.6) is 5.75 Å². The van der Waals surface area contributed by atoms with Crippen LogP contribution in [0, 0.1) is 18.6 Å². The van der Waals surface area contributed by atoms with Gasteiger partial charge in [0.2, 0.25) is 0 Å². The number of fused-ring (bicyclic) bond motifs is 3. The lowest BCUT2D eigenvalue weighted by Gasteiger charge is -2.34. The van der Waals surface area contributed by atoms with E-state index in [2.05, 4.69) is 20.1 Å². The second-order valence-electron chi connectivity index (χ2n) is 10.7. The average molecular weight is 569 g/mol. The smallest absolute Gasteiger partial charge is 0.416 e. The highest BCUT2D eigenvalue weighted by Crippen LogP contribution is 2.37. The lowest BCUT2D eigenvalue weighted by atomic mass is 10.1. The Hall–Kier alpha value is -3.76. The number of para-hydroxylation sites is 1. The number of nitrogens with zero attached hydrogens (tertiary/aromatic N) is 3. The highest BCUT2D eigenvalue weighted by atomic mass is 19.4. The summed E-state index contributed by atoms with van der Waals surface area (Å²) in [7, 11) is 0. The fourth-order valence-electron chi connectivity index (χ4n) is 5.95. The normalized spacial score (nSPS) is 19.3. The fraction of sp³-hybridized carbons (Fsp3) is 0.323. The van der Waals surface area contributed by atoms with Gasteiger partial charge in [0.15, 0.2) is 0 Å². The van der Waals surface area contributed by atoms with Crippen molar-refractivity contribution in [1.82, 2.24) is 14.8 Å². The number of nitrogens with one attached hydrogen (secondary N) is 1. The number of alkyl halides is 3. The van der Waals surface area contributed by atoms with E-state index >= 15 is 0 Å². The number of rotatable bonds is 8. The minimum Gasteiger partial charge on any atom is -0.492 e. The lowest BCUT2D eigenvalue weighted by molar-refractivity contribution is -0.137.